The van der Waals surface area contributed by atoms with Crippen molar-refractivity contribution in [2.75, 3.05) is 19.1 Å². The van der Waals surface area contributed by atoms with Crippen molar-refractivity contribution in [3.63, 3.8) is 0 Å². The van der Waals surface area contributed by atoms with Crippen molar-refractivity contribution in [3.05, 3.63) is 18.2 Å². The lowest BCUT2D eigenvalue weighted by Gasteiger charge is -2.03. The van der Waals surface area contributed by atoms with Gasteiger partial charge in [0.05, 0.1) is 12.1 Å². The summed E-state index contributed by atoms with van der Waals surface area (Å²) < 4.78 is 6.51. The molecule has 0 atom stereocenters. The van der Waals surface area contributed by atoms with Crippen molar-refractivity contribution < 1.29 is 4.74 Å². The molecule has 0 saturated carbocycles. The van der Waals surface area contributed by atoms with Crippen molar-refractivity contribution in [2.45, 2.75) is 4.90 Å². The Kier molecular flexibility index (Phi) is 2.56. The van der Waals surface area contributed by atoms with Crippen LogP contribution < -0.4 is 10.5 Å². The Labute approximate surface area is 91.1 Å². The fourth-order valence-corrected chi connectivity index (χ4v) is 2.81. The molecule has 0 aliphatic rings. The van der Waals surface area contributed by atoms with Gasteiger partial charge in [0, 0.05) is 15.0 Å². The Hall–Kier alpha value is -0.870. The van der Waals surface area contributed by atoms with E-state index in [9.17, 15) is 0 Å². The van der Waals surface area contributed by atoms with Crippen LogP contribution in [0.1, 0.15) is 0 Å². The van der Waals surface area contributed by atoms with Gasteiger partial charge in [-0.15, -0.1) is 23.1 Å². The highest BCUT2D eigenvalue weighted by molar-refractivity contribution is 7.98. The number of methoxy groups -OCH3 is 1. The van der Waals surface area contributed by atoms with Crippen molar-refractivity contribution in [2.24, 2.45) is 0 Å². The molecule has 1 heterocycles. The van der Waals surface area contributed by atoms with Gasteiger partial charge in [0.15, 0.2) is 0 Å². The minimum Gasteiger partial charge on any atom is -0.496 e. The van der Waals surface area contributed by atoms with E-state index < -0.39 is 0 Å². The highest BCUT2D eigenvalue weighted by Gasteiger charge is 2.07. The number of rotatable bonds is 2. The Morgan fingerprint density at radius 3 is 2.79 bits per heavy atom. The number of ether oxygens (including phenoxy) is 1. The van der Waals surface area contributed by atoms with Crippen molar-refractivity contribution in [1.29, 1.82) is 0 Å². The third kappa shape index (κ3) is 1.55. The Morgan fingerprint density at radius 1 is 1.36 bits per heavy atom. The number of fused-ring (bicyclic) bond motifs is 1. The van der Waals surface area contributed by atoms with E-state index in [0.29, 0.717) is 0 Å². The van der Waals surface area contributed by atoms with Gasteiger partial charge < -0.3 is 10.5 Å². The molecule has 1 aromatic carbocycles. The van der Waals surface area contributed by atoms with Gasteiger partial charge in [0.1, 0.15) is 5.75 Å². The van der Waals surface area contributed by atoms with Crippen molar-refractivity contribution >= 4 is 38.2 Å². The first kappa shape index (κ1) is 9.68. The quantitative estimate of drug-likeness (QED) is 0.797. The molecular weight excluding hydrogens is 214 g/mol. The summed E-state index contributed by atoms with van der Waals surface area (Å²) in [6.07, 6.45) is 2.05. The minimum atomic E-state index is 0.830. The number of benzene rings is 1. The normalized spacial score (nSPS) is 10.7. The molecular formula is C10H11NOS2. The second kappa shape index (κ2) is 3.71. The molecule has 0 unspecified atom stereocenters. The van der Waals surface area contributed by atoms with Gasteiger partial charge in [0.2, 0.25) is 0 Å². The third-order valence-corrected chi connectivity index (χ3v) is 3.67. The molecule has 0 saturated heterocycles. The molecule has 2 nitrogen and oxygen atoms in total. The standard InChI is InChI=1S/C10H11NOS2/c1-12-8-3-6(13-2)4-9-7(8)5-10(11)14-9/h3-5H,11H2,1-2H3. The summed E-state index contributed by atoms with van der Waals surface area (Å²) in [4.78, 5) is 1.20. The van der Waals surface area contributed by atoms with Crippen LogP contribution in [0.4, 0.5) is 5.00 Å². The summed E-state index contributed by atoms with van der Waals surface area (Å²) in [6, 6.07) is 6.14. The molecule has 74 valence electrons. The highest BCUT2D eigenvalue weighted by atomic mass is 32.2. The molecule has 0 aliphatic heterocycles. The van der Waals surface area contributed by atoms with Crippen LogP contribution in [-0.2, 0) is 0 Å². The molecule has 0 amide bonds. The molecule has 2 aromatic rings. The maximum atomic E-state index is 5.76. The average Bonchev–Trinajstić information content (AvgIpc) is 2.56. The highest BCUT2D eigenvalue weighted by Crippen LogP contribution is 2.37. The van der Waals surface area contributed by atoms with Crippen LogP contribution in [0.2, 0.25) is 0 Å². The molecule has 0 aliphatic carbocycles. The number of hydrogen-bond donors (Lipinski definition) is 1. The zero-order valence-electron chi connectivity index (χ0n) is 8.03. The van der Waals surface area contributed by atoms with Crippen LogP contribution in [0.25, 0.3) is 10.1 Å². The number of thioether (sulfide) groups is 1. The predicted octanol–water partition coefficient (Wildman–Crippen LogP) is 3.21. The first-order valence-electron chi connectivity index (χ1n) is 4.15. The van der Waals surface area contributed by atoms with Crippen LogP contribution >= 0.6 is 23.1 Å². The zero-order valence-corrected chi connectivity index (χ0v) is 9.67. The Morgan fingerprint density at radius 2 is 2.14 bits per heavy atom. The first-order valence-corrected chi connectivity index (χ1v) is 6.19. The lowest BCUT2D eigenvalue weighted by atomic mass is 10.2. The van der Waals surface area contributed by atoms with Crippen LogP contribution in [0.3, 0.4) is 0 Å². The van der Waals surface area contributed by atoms with Gasteiger partial charge in [-0.25, -0.2) is 0 Å². The minimum absolute atomic E-state index is 0.830. The zero-order chi connectivity index (χ0) is 10.1. The summed E-state index contributed by atoms with van der Waals surface area (Å²) in [5.41, 5.74) is 5.76. The van der Waals surface area contributed by atoms with E-state index in [0.717, 1.165) is 16.1 Å². The van der Waals surface area contributed by atoms with Gasteiger partial charge in [-0.1, -0.05) is 0 Å². The van der Waals surface area contributed by atoms with E-state index in [4.69, 9.17) is 10.5 Å². The number of nitrogen functional groups attached to an aromatic ring is 1. The number of anilines is 1. The van der Waals surface area contributed by atoms with Gasteiger partial charge in [-0.3, -0.25) is 0 Å². The Bertz CT molecular complexity index is 464. The van der Waals surface area contributed by atoms with Gasteiger partial charge in [0.25, 0.3) is 0 Å². The van der Waals surface area contributed by atoms with Crippen molar-refractivity contribution in [1.82, 2.24) is 0 Å². The van der Waals surface area contributed by atoms with Crippen LogP contribution in [0.15, 0.2) is 23.1 Å². The summed E-state index contributed by atoms with van der Waals surface area (Å²) in [6.45, 7) is 0. The van der Waals surface area contributed by atoms with Crippen molar-refractivity contribution in [3.8, 4) is 5.75 Å². The van der Waals surface area contributed by atoms with Gasteiger partial charge in [-0.05, 0) is 24.5 Å². The smallest absolute Gasteiger partial charge is 0.128 e. The van der Waals surface area contributed by atoms with E-state index in [1.165, 1.54) is 9.60 Å². The molecule has 0 spiro atoms. The second-order valence-corrected chi connectivity index (χ2v) is 4.89. The molecule has 2 N–H and O–H groups in total. The second-order valence-electron chi connectivity index (χ2n) is 2.89. The molecule has 14 heavy (non-hydrogen) atoms. The number of hydrogen-bond acceptors (Lipinski definition) is 4. The first-order chi connectivity index (χ1) is 6.74. The molecule has 0 radical (unpaired) electrons. The van der Waals surface area contributed by atoms with Crippen LogP contribution in [-0.4, -0.2) is 13.4 Å². The molecule has 4 heteroatoms. The maximum Gasteiger partial charge on any atom is 0.128 e. The van der Waals surface area contributed by atoms with E-state index in [1.54, 1.807) is 30.2 Å². The lowest BCUT2D eigenvalue weighted by Crippen LogP contribution is -1.83. The largest absolute Gasteiger partial charge is 0.496 e. The number of thiophene rings is 1. The van der Waals surface area contributed by atoms with E-state index in [-0.39, 0.29) is 0 Å². The predicted molar refractivity (Wildman–Crippen MR) is 64.6 cm³/mol. The summed E-state index contributed by atoms with van der Waals surface area (Å²) in [5.74, 6) is 0.903. The van der Waals surface area contributed by atoms with Crippen LogP contribution in [0.5, 0.6) is 5.75 Å². The Balaban J connectivity index is 2.72. The summed E-state index contributed by atoms with van der Waals surface area (Å²) in [5, 5.41) is 1.93. The SMILES string of the molecule is COc1cc(SC)cc2sc(N)cc12. The topological polar surface area (TPSA) is 35.2 Å². The molecule has 2 rings (SSSR count). The molecule has 0 bridgehead atoms. The van der Waals surface area contributed by atoms with E-state index in [2.05, 4.69) is 12.3 Å². The van der Waals surface area contributed by atoms with Gasteiger partial charge in [-0.2, -0.15) is 0 Å². The molecule has 0 fully saturated rings. The monoisotopic (exact) mass is 225 g/mol. The maximum absolute atomic E-state index is 5.76. The fraction of sp³-hybridized carbons (Fsp3) is 0.200. The molecule has 1 aromatic heterocycles. The lowest BCUT2D eigenvalue weighted by molar-refractivity contribution is 0.419. The van der Waals surface area contributed by atoms with E-state index >= 15 is 0 Å². The third-order valence-electron chi connectivity index (χ3n) is 2.05. The summed E-state index contributed by atoms with van der Waals surface area (Å²) >= 11 is 3.30. The van der Waals surface area contributed by atoms with E-state index in [1.807, 2.05) is 12.1 Å². The van der Waals surface area contributed by atoms with Crippen LogP contribution in [0, 0.1) is 0 Å². The number of nitrogens with two attached hydrogens (primary N) is 1. The fourth-order valence-electron chi connectivity index (χ4n) is 1.39. The average molecular weight is 225 g/mol. The summed E-state index contributed by atoms with van der Waals surface area (Å²) in [7, 11) is 1.69. The van der Waals surface area contributed by atoms with Gasteiger partial charge >= 0.3 is 0 Å².